The first-order valence-electron chi connectivity index (χ1n) is 6.81. The van der Waals surface area contributed by atoms with Crippen LogP contribution < -0.4 is 10.2 Å². The van der Waals surface area contributed by atoms with Gasteiger partial charge in [-0.2, -0.15) is 0 Å². The van der Waals surface area contributed by atoms with E-state index in [-0.39, 0.29) is 0 Å². The first-order valence-corrected chi connectivity index (χ1v) is 7.18. The fourth-order valence-electron chi connectivity index (χ4n) is 1.95. The van der Waals surface area contributed by atoms with E-state index in [4.69, 9.17) is 16.3 Å². The van der Waals surface area contributed by atoms with E-state index in [1.165, 1.54) is 11.3 Å². The minimum Gasteiger partial charge on any atom is -0.383 e. The van der Waals surface area contributed by atoms with Crippen molar-refractivity contribution in [3.63, 3.8) is 0 Å². The van der Waals surface area contributed by atoms with Gasteiger partial charge >= 0.3 is 0 Å². The molecule has 108 valence electrons. The SMILES string of the molecule is CCC(C)N(C)c1ccc(Cl)cc1CNCCOC. The van der Waals surface area contributed by atoms with Crippen LogP contribution in [0.1, 0.15) is 25.8 Å². The highest BCUT2D eigenvalue weighted by Gasteiger charge is 2.12. The zero-order valence-electron chi connectivity index (χ0n) is 12.4. The average molecular weight is 285 g/mol. The van der Waals surface area contributed by atoms with Gasteiger partial charge in [0.1, 0.15) is 0 Å². The normalized spacial score (nSPS) is 12.5. The van der Waals surface area contributed by atoms with Gasteiger partial charge in [0.15, 0.2) is 0 Å². The van der Waals surface area contributed by atoms with Crippen LogP contribution in [-0.2, 0) is 11.3 Å². The minimum absolute atomic E-state index is 0.513. The second-order valence-electron chi connectivity index (χ2n) is 4.81. The van der Waals surface area contributed by atoms with E-state index in [1.807, 2.05) is 12.1 Å². The fourth-order valence-corrected chi connectivity index (χ4v) is 2.14. The van der Waals surface area contributed by atoms with Gasteiger partial charge in [-0.25, -0.2) is 0 Å². The summed E-state index contributed by atoms with van der Waals surface area (Å²) in [5.74, 6) is 0. The zero-order chi connectivity index (χ0) is 14.3. The molecule has 19 heavy (non-hydrogen) atoms. The highest BCUT2D eigenvalue weighted by atomic mass is 35.5. The molecule has 0 bridgehead atoms. The van der Waals surface area contributed by atoms with Crippen molar-refractivity contribution < 1.29 is 4.74 Å². The van der Waals surface area contributed by atoms with Gasteiger partial charge < -0.3 is 15.0 Å². The Labute approximate surface area is 121 Å². The van der Waals surface area contributed by atoms with Crippen molar-refractivity contribution in [3.8, 4) is 0 Å². The van der Waals surface area contributed by atoms with Crippen LogP contribution in [0.2, 0.25) is 5.02 Å². The molecule has 1 rings (SSSR count). The molecule has 1 N–H and O–H groups in total. The van der Waals surface area contributed by atoms with Gasteiger partial charge in [0.2, 0.25) is 0 Å². The van der Waals surface area contributed by atoms with Crippen molar-refractivity contribution >= 4 is 17.3 Å². The Morgan fingerprint density at radius 3 is 2.79 bits per heavy atom. The van der Waals surface area contributed by atoms with Gasteiger partial charge in [0.25, 0.3) is 0 Å². The van der Waals surface area contributed by atoms with Crippen molar-refractivity contribution in [2.75, 3.05) is 32.2 Å². The van der Waals surface area contributed by atoms with E-state index < -0.39 is 0 Å². The molecule has 0 spiro atoms. The number of rotatable bonds is 8. The summed E-state index contributed by atoms with van der Waals surface area (Å²) < 4.78 is 5.04. The van der Waals surface area contributed by atoms with Crippen molar-refractivity contribution in [3.05, 3.63) is 28.8 Å². The zero-order valence-corrected chi connectivity index (χ0v) is 13.1. The summed E-state index contributed by atoms with van der Waals surface area (Å²) in [6, 6.07) is 6.60. The van der Waals surface area contributed by atoms with Gasteiger partial charge in [-0.05, 0) is 37.1 Å². The third-order valence-electron chi connectivity index (χ3n) is 3.47. The van der Waals surface area contributed by atoms with Crippen LogP contribution in [0.5, 0.6) is 0 Å². The smallest absolute Gasteiger partial charge is 0.0587 e. The van der Waals surface area contributed by atoms with Crippen LogP contribution in [0, 0.1) is 0 Å². The van der Waals surface area contributed by atoms with E-state index in [1.54, 1.807) is 7.11 Å². The van der Waals surface area contributed by atoms with Crippen LogP contribution in [0.25, 0.3) is 0 Å². The molecule has 0 amide bonds. The Morgan fingerprint density at radius 2 is 2.16 bits per heavy atom. The van der Waals surface area contributed by atoms with Gasteiger partial charge in [-0.15, -0.1) is 0 Å². The number of nitrogens with zero attached hydrogens (tertiary/aromatic N) is 1. The molecule has 0 saturated carbocycles. The van der Waals surface area contributed by atoms with Crippen LogP contribution in [0.4, 0.5) is 5.69 Å². The van der Waals surface area contributed by atoms with Crippen LogP contribution in [0.15, 0.2) is 18.2 Å². The molecule has 1 aromatic carbocycles. The minimum atomic E-state index is 0.513. The molecule has 0 aliphatic heterocycles. The van der Waals surface area contributed by atoms with E-state index in [9.17, 15) is 0 Å². The lowest BCUT2D eigenvalue weighted by molar-refractivity contribution is 0.199. The van der Waals surface area contributed by atoms with Crippen molar-refractivity contribution in [2.24, 2.45) is 0 Å². The number of hydrogen-bond acceptors (Lipinski definition) is 3. The Morgan fingerprint density at radius 1 is 1.42 bits per heavy atom. The molecule has 0 aromatic heterocycles. The molecule has 0 aliphatic carbocycles. The number of benzene rings is 1. The number of anilines is 1. The summed E-state index contributed by atoms with van der Waals surface area (Å²) in [4.78, 5) is 2.31. The number of ether oxygens (including phenoxy) is 1. The predicted molar refractivity (Wildman–Crippen MR) is 83.2 cm³/mol. The molecular formula is C15H25ClN2O. The first kappa shape index (κ1) is 16.3. The van der Waals surface area contributed by atoms with E-state index in [0.29, 0.717) is 6.04 Å². The van der Waals surface area contributed by atoms with Gasteiger partial charge in [0.05, 0.1) is 6.61 Å². The molecule has 3 nitrogen and oxygen atoms in total. The Hall–Kier alpha value is -0.770. The maximum absolute atomic E-state index is 6.10. The summed E-state index contributed by atoms with van der Waals surface area (Å²) in [5, 5.41) is 4.15. The van der Waals surface area contributed by atoms with E-state index in [2.05, 4.69) is 37.2 Å². The molecule has 0 saturated heterocycles. The van der Waals surface area contributed by atoms with Crippen LogP contribution in [0.3, 0.4) is 0 Å². The summed E-state index contributed by atoms with van der Waals surface area (Å²) in [7, 11) is 3.85. The molecule has 0 radical (unpaired) electrons. The predicted octanol–water partition coefficient (Wildman–Crippen LogP) is 3.31. The fraction of sp³-hybridized carbons (Fsp3) is 0.600. The highest BCUT2D eigenvalue weighted by Crippen LogP contribution is 2.25. The molecule has 0 aliphatic rings. The molecule has 0 heterocycles. The van der Waals surface area contributed by atoms with Gasteiger partial charge in [0, 0.05) is 44.0 Å². The lowest BCUT2D eigenvalue weighted by atomic mass is 10.1. The van der Waals surface area contributed by atoms with Crippen molar-refractivity contribution in [1.82, 2.24) is 5.32 Å². The van der Waals surface area contributed by atoms with Crippen LogP contribution >= 0.6 is 11.6 Å². The lowest BCUT2D eigenvalue weighted by Crippen LogP contribution is -2.30. The number of hydrogen-bond donors (Lipinski definition) is 1. The van der Waals surface area contributed by atoms with Gasteiger partial charge in [-0.1, -0.05) is 18.5 Å². The Bertz CT molecular complexity index is 384. The maximum Gasteiger partial charge on any atom is 0.0587 e. The maximum atomic E-state index is 6.10. The monoisotopic (exact) mass is 284 g/mol. The van der Waals surface area contributed by atoms with E-state index in [0.717, 1.165) is 31.1 Å². The van der Waals surface area contributed by atoms with Crippen LogP contribution in [-0.4, -0.2) is 33.4 Å². The van der Waals surface area contributed by atoms with Crippen molar-refractivity contribution in [2.45, 2.75) is 32.9 Å². The molecule has 0 fully saturated rings. The lowest BCUT2D eigenvalue weighted by Gasteiger charge is -2.28. The molecular weight excluding hydrogens is 260 g/mol. The van der Waals surface area contributed by atoms with E-state index >= 15 is 0 Å². The molecule has 4 heteroatoms. The number of nitrogens with one attached hydrogen (secondary N) is 1. The second-order valence-corrected chi connectivity index (χ2v) is 5.25. The van der Waals surface area contributed by atoms with Gasteiger partial charge in [-0.3, -0.25) is 0 Å². The summed E-state index contributed by atoms with van der Waals surface area (Å²) in [6.45, 7) is 6.80. The number of halogens is 1. The first-order chi connectivity index (χ1) is 9.10. The third kappa shape index (κ3) is 5.01. The molecule has 1 unspecified atom stereocenters. The molecule has 1 aromatic rings. The summed E-state index contributed by atoms with van der Waals surface area (Å²) >= 11 is 6.10. The van der Waals surface area contributed by atoms with Crippen molar-refractivity contribution in [1.29, 1.82) is 0 Å². The largest absolute Gasteiger partial charge is 0.383 e. The Balaban J connectivity index is 2.79. The quantitative estimate of drug-likeness (QED) is 0.741. The highest BCUT2D eigenvalue weighted by molar-refractivity contribution is 6.30. The average Bonchev–Trinajstić information content (AvgIpc) is 2.42. The standard InChI is InChI=1S/C15H25ClN2O/c1-5-12(2)18(3)15-7-6-14(16)10-13(15)11-17-8-9-19-4/h6-7,10,12,17H,5,8-9,11H2,1-4H3. The Kier molecular flexibility index (Phi) is 7.21. The molecule has 1 atom stereocenters. The summed E-state index contributed by atoms with van der Waals surface area (Å²) in [5.41, 5.74) is 2.47. The topological polar surface area (TPSA) is 24.5 Å². The number of methoxy groups -OCH3 is 1. The summed E-state index contributed by atoms with van der Waals surface area (Å²) in [6.07, 6.45) is 1.12. The second kappa shape index (κ2) is 8.41. The third-order valence-corrected chi connectivity index (χ3v) is 3.71.